The molecule has 128 valence electrons. The van der Waals surface area contributed by atoms with Crippen LogP contribution in [0.15, 0.2) is 41.1 Å². The van der Waals surface area contributed by atoms with Crippen molar-refractivity contribution < 1.29 is 9.21 Å². The molecule has 4 rings (SSSR count). The Hall–Kier alpha value is -2.89. The molecule has 1 amide bonds. The van der Waals surface area contributed by atoms with Gasteiger partial charge >= 0.3 is 0 Å². The molecule has 1 aliphatic rings. The van der Waals surface area contributed by atoms with Crippen LogP contribution in [0.3, 0.4) is 0 Å². The maximum atomic E-state index is 13.1. The summed E-state index contributed by atoms with van der Waals surface area (Å²) in [4.78, 5) is 23.8. The Bertz CT molecular complexity index is 934. The average molecular weight is 336 g/mol. The SMILES string of the molecule is CNc1cncc([C@H]2CCCN2C(=O)c2ccc3oc(C)cc3c2)n1. The summed E-state index contributed by atoms with van der Waals surface area (Å²) in [5.74, 6) is 1.59. The van der Waals surface area contributed by atoms with Crippen molar-refractivity contribution in [1.82, 2.24) is 14.9 Å². The van der Waals surface area contributed by atoms with Crippen LogP contribution < -0.4 is 5.32 Å². The lowest BCUT2D eigenvalue weighted by atomic mass is 10.1. The third kappa shape index (κ3) is 2.84. The number of carbonyl (C=O) groups excluding carboxylic acids is 1. The molecule has 0 aliphatic carbocycles. The number of rotatable bonds is 3. The summed E-state index contributed by atoms with van der Waals surface area (Å²) in [6.07, 6.45) is 5.30. The Morgan fingerprint density at radius 2 is 2.20 bits per heavy atom. The summed E-state index contributed by atoms with van der Waals surface area (Å²) in [5, 5.41) is 3.96. The molecule has 0 bridgehead atoms. The zero-order chi connectivity index (χ0) is 17.4. The van der Waals surface area contributed by atoms with Crippen molar-refractivity contribution in [1.29, 1.82) is 0 Å². The van der Waals surface area contributed by atoms with Crippen LogP contribution in [0.5, 0.6) is 0 Å². The normalized spacial score (nSPS) is 17.2. The van der Waals surface area contributed by atoms with E-state index in [9.17, 15) is 4.79 Å². The number of aromatic nitrogens is 2. The first-order chi connectivity index (χ1) is 12.2. The standard InChI is InChI=1S/C19H20N4O2/c1-12-8-14-9-13(5-6-17(14)25-12)19(24)23-7-3-4-16(23)15-10-21-11-18(20-2)22-15/h5-6,8-11,16H,3-4,7H2,1-2H3,(H,20,22)/t16-/m1/s1. The van der Waals surface area contributed by atoms with E-state index in [0.29, 0.717) is 11.4 Å². The lowest BCUT2D eigenvalue weighted by molar-refractivity contribution is 0.0733. The minimum absolute atomic E-state index is 0.0277. The Kier molecular flexibility index (Phi) is 3.87. The molecule has 2 aromatic heterocycles. The monoisotopic (exact) mass is 336 g/mol. The molecule has 25 heavy (non-hydrogen) atoms. The number of nitrogens with zero attached hydrogens (tertiary/aromatic N) is 3. The second kappa shape index (κ2) is 6.20. The average Bonchev–Trinajstić information content (AvgIpc) is 3.26. The van der Waals surface area contributed by atoms with Crippen LogP contribution in [0, 0.1) is 6.92 Å². The number of benzene rings is 1. The summed E-state index contributed by atoms with van der Waals surface area (Å²) in [5.41, 5.74) is 2.32. The van der Waals surface area contributed by atoms with Crippen molar-refractivity contribution in [2.45, 2.75) is 25.8 Å². The van der Waals surface area contributed by atoms with Gasteiger partial charge in [0.15, 0.2) is 0 Å². The lowest BCUT2D eigenvalue weighted by Gasteiger charge is -2.24. The number of likely N-dealkylation sites (tertiary alicyclic amines) is 1. The van der Waals surface area contributed by atoms with Gasteiger partial charge in [-0.3, -0.25) is 9.78 Å². The van der Waals surface area contributed by atoms with Crippen LogP contribution in [0.4, 0.5) is 5.82 Å². The summed E-state index contributed by atoms with van der Waals surface area (Å²) >= 11 is 0. The number of hydrogen-bond donors (Lipinski definition) is 1. The van der Waals surface area contributed by atoms with Gasteiger partial charge in [0.2, 0.25) is 0 Å². The van der Waals surface area contributed by atoms with E-state index in [1.54, 1.807) is 12.4 Å². The highest BCUT2D eigenvalue weighted by Gasteiger charge is 2.32. The molecule has 0 unspecified atom stereocenters. The fourth-order valence-electron chi connectivity index (χ4n) is 3.45. The number of carbonyl (C=O) groups is 1. The number of anilines is 1. The first kappa shape index (κ1) is 15.6. The molecule has 0 saturated carbocycles. The highest BCUT2D eigenvalue weighted by molar-refractivity contribution is 5.98. The second-order valence-electron chi connectivity index (χ2n) is 6.35. The van der Waals surface area contributed by atoms with Gasteiger partial charge in [0.05, 0.1) is 24.1 Å². The molecule has 1 aliphatic heterocycles. The van der Waals surface area contributed by atoms with E-state index in [4.69, 9.17) is 4.42 Å². The van der Waals surface area contributed by atoms with Gasteiger partial charge < -0.3 is 14.6 Å². The zero-order valence-corrected chi connectivity index (χ0v) is 14.3. The fourth-order valence-corrected chi connectivity index (χ4v) is 3.45. The van der Waals surface area contributed by atoms with E-state index in [2.05, 4.69) is 15.3 Å². The molecule has 1 aromatic carbocycles. The highest BCUT2D eigenvalue weighted by Crippen LogP contribution is 2.33. The van der Waals surface area contributed by atoms with Crippen LogP contribution in [0.2, 0.25) is 0 Å². The first-order valence-corrected chi connectivity index (χ1v) is 8.46. The van der Waals surface area contributed by atoms with Crippen LogP contribution in [-0.4, -0.2) is 34.4 Å². The minimum atomic E-state index is -0.0323. The van der Waals surface area contributed by atoms with Crippen molar-refractivity contribution in [3.05, 3.63) is 53.7 Å². The Balaban J connectivity index is 1.65. The maximum Gasteiger partial charge on any atom is 0.254 e. The number of aryl methyl sites for hydroxylation is 1. The molecule has 1 atom stereocenters. The molecule has 6 heteroatoms. The third-order valence-corrected chi connectivity index (χ3v) is 4.65. The minimum Gasteiger partial charge on any atom is -0.461 e. The molecule has 0 spiro atoms. The molecule has 1 N–H and O–H groups in total. The van der Waals surface area contributed by atoms with Crippen molar-refractivity contribution >= 4 is 22.7 Å². The largest absolute Gasteiger partial charge is 0.461 e. The number of nitrogens with one attached hydrogen (secondary N) is 1. The van der Waals surface area contributed by atoms with Gasteiger partial charge in [0.1, 0.15) is 17.2 Å². The Labute approximate surface area is 145 Å². The third-order valence-electron chi connectivity index (χ3n) is 4.65. The van der Waals surface area contributed by atoms with Gasteiger partial charge in [-0.15, -0.1) is 0 Å². The molecule has 0 radical (unpaired) electrons. The van der Waals surface area contributed by atoms with Gasteiger partial charge in [-0.25, -0.2) is 4.98 Å². The van der Waals surface area contributed by atoms with Crippen molar-refractivity contribution in [3.63, 3.8) is 0 Å². The molecule has 6 nitrogen and oxygen atoms in total. The van der Waals surface area contributed by atoms with E-state index in [1.807, 2.05) is 43.1 Å². The first-order valence-electron chi connectivity index (χ1n) is 8.46. The van der Waals surface area contributed by atoms with Crippen LogP contribution in [0.1, 0.15) is 40.7 Å². The van der Waals surface area contributed by atoms with Crippen LogP contribution in [0.25, 0.3) is 11.0 Å². The topological polar surface area (TPSA) is 71.3 Å². The van der Waals surface area contributed by atoms with E-state index < -0.39 is 0 Å². The van der Waals surface area contributed by atoms with Crippen molar-refractivity contribution in [2.75, 3.05) is 18.9 Å². The number of fused-ring (bicyclic) bond motifs is 1. The molecule has 3 aromatic rings. The van der Waals surface area contributed by atoms with Gasteiger partial charge in [-0.2, -0.15) is 0 Å². The van der Waals surface area contributed by atoms with E-state index >= 15 is 0 Å². The Morgan fingerprint density at radius 1 is 1.32 bits per heavy atom. The fraction of sp³-hybridized carbons (Fsp3) is 0.316. The highest BCUT2D eigenvalue weighted by atomic mass is 16.3. The molecule has 1 saturated heterocycles. The molecular formula is C19H20N4O2. The molecule has 3 heterocycles. The predicted octanol–water partition coefficient (Wildman–Crippen LogP) is 3.55. The second-order valence-corrected chi connectivity index (χ2v) is 6.35. The van der Waals surface area contributed by atoms with Gasteiger partial charge in [-0.1, -0.05) is 0 Å². The van der Waals surface area contributed by atoms with E-state index in [-0.39, 0.29) is 11.9 Å². The molecule has 1 fully saturated rings. The summed E-state index contributed by atoms with van der Waals surface area (Å²) in [7, 11) is 1.81. The number of amides is 1. The van der Waals surface area contributed by atoms with Crippen molar-refractivity contribution in [2.24, 2.45) is 0 Å². The van der Waals surface area contributed by atoms with Gasteiger partial charge in [0, 0.05) is 24.5 Å². The van der Waals surface area contributed by atoms with Gasteiger partial charge in [-0.05, 0) is 44.0 Å². The van der Waals surface area contributed by atoms with Crippen LogP contribution >= 0.6 is 0 Å². The quantitative estimate of drug-likeness (QED) is 0.792. The predicted molar refractivity (Wildman–Crippen MR) is 95.5 cm³/mol. The van der Waals surface area contributed by atoms with E-state index in [0.717, 1.165) is 41.8 Å². The summed E-state index contributed by atoms with van der Waals surface area (Å²) < 4.78 is 5.59. The zero-order valence-electron chi connectivity index (χ0n) is 14.3. The van der Waals surface area contributed by atoms with Crippen LogP contribution in [-0.2, 0) is 0 Å². The lowest BCUT2D eigenvalue weighted by Crippen LogP contribution is -2.31. The summed E-state index contributed by atoms with van der Waals surface area (Å²) in [6, 6.07) is 7.52. The van der Waals surface area contributed by atoms with Crippen molar-refractivity contribution in [3.8, 4) is 0 Å². The summed E-state index contributed by atoms with van der Waals surface area (Å²) in [6.45, 7) is 2.64. The number of hydrogen-bond acceptors (Lipinski definition) is 5. The maximum absolute atomic E-state index is 13.1. The molecular weight excluding hydrogens is 316 g/mol. The van der Waals surface area contributed by atoms with E-state index in [1.165, 1.54) is 0 Å². The number of furan rings is 1. The Morgan fingerprint density at radius 3 is 3.04 bits per heavy atom. The van der Waals surface area contributed by atoms with Gasteiger partial charge in [0.25, 0.3) is 5.91 Å². The smallest absolute Gasteiger partial charge is 0.254 e.